The lowest BCUT2D eigenvalue weighted by atomic mass is 9.35. The van der Waals surface area contributed by atoms with Crippen molar-refractivity contribution in [3.63, 3.8) is 0 Å². The average Bonchev–Trinajstić information content (AvgIpc) is 2.83. The van der Waals surface area contributed by atoms with E-state index in [1.165, 1.54) is 6.92 Å². The molecule has 0 unspecified atom stereocenters. The Labute approximate surface area is 235 Å². The number of hydrogen-bond donors (Lipinski definition) is 2. The lowest BCUT2D eigenvalue weighted by molar-refractivity contribution is -0.172. The number of carbonyl (C=O) groups excluding carboxylic acids is 3. The van der Waals surface area contributed by atoms with Gasteiger partial charge in [0.2, 0.25) is 5.70 Å². The zero-order valence-electron chi connectivity index (χ0n) is 24.7. The van der Waals surface area contributed by atoms with Gasteiger partial charge in [-0.2, -0.15) is 8.78 Å². The predicted octanol–water partition coefficient (Wildman–Crippen LogP) is 5.81. The van der Waals surface area contributed by atoms with Crippen LogP contribution in [0.1, 0.15) is 93.4 Å². The smallest absolute Gasteiger partial charge is 0.321 e. The molecule has 5 aliphatic rings. The number of fused-ring (bicyclic) bond motifs is 7. The van der Waals surface area contributed by atoms with Crippen LogP contribution in [0.15, 0.2) is 23.4 Å². The second-order valence-electron chi connectivity index (χ2n) is 15.2. The number of aliphatic hydroxyl groups is 1. The summed E-state index contributed by atoms with van der Waals surface area (Å²) in [5.41, 5.74) is -3.88. The maximum absolute atomic E-state index is 14.4. The molecular formula is C32H42F2N2O4. The van der Waals surface area contributed by atoms with Crippen molar-refractivity contribution < 1.29 is 28.3 Å². The Hall–Kier alpha value is -2.40. The fourth-order valence-electron chi connectivity index (χ4n) is 9.84. The van der Waals surface area contributed by atoms with E-state index < -0.39 is 56.8 Å². The highest BCUT2D eigenvalue weighted by molar-refractivity contribution is 6.05. The first kappa shape index (κ1) is 29.1. The van der Waals surface area contributed by atoms with E-state index in [9.17, 15) is 28.3 Å². The number of halogens is 2. The van der Waals surface area contributed by atoms with Gasteiger partial charge in [-0.1, -0.05) is 46.3 Å². The van der Waals surface area contributed by atoms with Gasteiger partial charge in [0, 0.05) is 29.7 Å². The van der Waals surface area contributed by atoms with E-state index in [1.807, 2.05) is 6.92 Å². The van der Waals surface area contributed by atoms with Crippen molar-refractivity contribution in [2.45, 2.75) is 110 Å². The van der Waals surface area contributed by atoms with Gasteiger partial charge < -0.3 is 15.2 Å². The molecule has 218 valence electrons. The third kappa shape index (κ3) is 3.68. The number of rotatable bonds is 2. The van der Waals surface area contributed by atoms with Gasteiger partial charge in [-0.3, -0.25) is 9.59 Å². The van der Waals surface area contributed by atoms with E-state index in [2.05, 4.69) is 37.9 Å². The number of nitrogens with one attached hydrogen (secondary N) is 1. The molecule has 0 bridgehead atoms. The summed E-state index contributed by atoms with van der Waals surface area (Å²) >= 11 is 0. The van der Waals surface area contributed by atoms with Crippen molar-refractivity contribution in [3.8, 4) is 0 Å². The predicted molar refractivity (Wildman–Crippen MR) is 146 cm³/mol. The topological polar surface area (TPSA) is 87.8 Å². The Balaban J connectivity index is 1.67. The van der Waals surface area contributed by atoms with Crippen molar-refractivity contribution in [3.05, 3.63) is 34.8 Å². The molecule has 5 aliphatic carbocycles. The largest absolute Gasteiger partial charge is 0.383 e. The second kappa shape index (κ2) is 8.33. The van der Waals surface area contributed by atoms with Crippen molar-refractivity contribution in [1.82, 2.24) is 5.32 Å². The minimum absolute atomic E-state index is 0.0876. The van der Waals surface area contributed by atoms with E-state index in [1.54, 1.807) is 12.2 Å². The number of ketones is 2. The quantitative estimate of drug-likeness (QED) is 0.421. The standard InChI is InChI=1S/C32H42F2N2O4/c1-26(2)11-13-32(36-25(39)31(7,33)34)14-12-29(5)23(18(32)16-26)20(37)15-22-27(3)17-19(35-8)24(38)30(6,40)21(27)9-10-28(22,29)4/h15,17-18,21,23,40H,9-14,16H2,1-7H3,(H,36,39)/t18-,21+,23-,27-,28+,29+,30-,32-/m0/s1. The molecule has 0 aromatic heterocycles. The maximum atomic E-state index is 14.4. The van der Waals surface area contributed by atoms with Crippen molar-refractivity contribution in [2.24, 2.45) is 39.4 Å². The summed E-state index contributed by atoms with van der Waals surface area (Å²) in [5.74, 6) is -6.73. The van der Waals surface area contributed by atoms with Gasteiger partial charge in [-0.15, -0.1) is 0 Å². The van der Waals surface area contributed by atoms with E-state index in [0.717, 1.165) is 12.0 Å². The van der Waals surface area contributed by atoms with Crippen molar-refractivity contribution in [1.29, 1.82) is 0 Å². The molecule has 5 rings (SSSR count). The molecule has 2 N–H and O–H groups in total. The first-order valence-electron chi connectivity index (χ1n) is 14.5. The molecule has 0 heterocycles. The summed E-state index contributed by atoms with van der Waals surface area (Å²) in [6, 6.07) is 0. The number of hydrogen-bond acceptors (Lipinski definition) is 4. The molecule has 6 nitrogen and oxygen atoms in total. The lowest BCUT2D eigenvalue weighted by Crippen LogP contribution is -2.70. The van der Waals surface area contributed by atoms with Crippen LogP contribution in [0.3, 0.4) is 0 Å². The van der Waals surface area contributed by atoms with Crippen LogP contribution >= 0.6 is 0 Å². The van der Waals surface area contributed by atoms with Crippen LogP contribution in [0, 0.1) is 46.0 Å². The molecule has 0 aromatic rings. The number of allylic oxidation sites excluding steroid dienone is 3. The van der Waals surface area contributed by atoms with Crippen LogP contribution in [0.4, 0.5) is 8.78 Å². The normalized spacial score (nSPS) is 46.0. The fourth-order valence-corrected chi connectivity index (χ4v) is 9.84. The average molecular weight is 557 g/mol. The van der Waals surface area contributed by atoms with Gasteiger partial charge in [-0.05, 0) is 80.1 Å². The Morgan fingerprint density at radius 3 is 2.30 bits per heavy atom. The van der Waals surface area contributed by atoms with Crippen LogP contribution in [0.5, 0.6) is 0 Å². The van der Waals surface area contributed by atoms with E-state index >= 15 is 0 Å². The van der Waals surface area contributed by atoms with E-state index in [0.29, 0.717) is 45.4 Å². The van der Waals surface area contributed by atoms with Crippen LogP contribution in [-0.4, -0.2) is 39.6 Å². The number of Topliss-reactive ketones (excluding diaryl/α,β-unsaturated/α-hetero) is 1. The van der Waals surface area contributed by atoms with Crippen LogP contribution in [-0.2, 0) is 14.4 Å². The molecule has 8 atom stereocenters. The Morgan fingerprint density at radius 2 is 1.70 bits per heavy atom. The van der Waals surface area contributed by atoms with Gasteiger partial charge in [0.25, 0.3) is 5.91 Å². The fraction of sp³-hybridized carbons (Fsp3) is 0.750. The minimum atomic E-state index is -3.52. The van der Waals surface area contributed by atoms with Crippen LogP contribution in [0.25, 0.3) is 4.85 Å². The van der Waals surface area contributed by atoms with Gasteiger partial charge in [0.05, 0.1) is 6.57 Å². The highest BCUT2D eigenvalue weighted by Gasteiger charge is 2.70. The number of carbonyl (C=O) groups is 3. The highest BCUT2D eigenvalue weighted by Crippen LogP contribution is 2.72. The summed E-state index contributed by atoms with van der Waals surface area (Å²) in [7, 11) is 0. The van der Waals surface area contributed by atoms with Gasteiger partial charge in [0.15, 0.2) is 11.6 Å². The number of amides is 1. The first-order valence-corrected chi connectivity index (χ1v) is 14.5. The molecular weight excluding hydrogens is 514 g/mol. The summed E-state index contributed by atoms with van der Waals surface area (Å²) in [6.45, 7) is 20.2. The number of nitrogens with zero attached hydrogens (tertiary/aromatic N) is 1. The third-order valence-electron chi connectivity index (χ3n) is 12.3. The second-order valence-corrected chi connectivity index (χ2v) is 15.2. The molecule has 40 heavy (non-hydrogen) atoms. The molecule has 0 spiro atoms. The van der Waals surface area contributed by atoms with Crippen LogP contribution < -0.4 is 5.32 Å². The molecule has 3 fully saturated rings. The number of alkyl halides is 2. The maximum Gasteiger partial charge on any atom is 0.321 e. The van der Waals surface area contributed by atoms with Gasteiger partial charge in [-0.25, -0.2) is 4.85 Å². The third-order valence-corrected chi connectivity index (χ3v) is 12.3. The molecule has 3 saturated carbocycles. The van der Waals surface area contributed by atoms with E-state index in [-0.39, 0.29) is 22.8 Å². The molecule has 0 saturated heterocycles. The van der Waals surface area contributed by atoms with E-state index in [4.69, 9.17) is 6.57 Å². The lowest BCUT2D eigenvalue weighted by Gasteiger charge is -2.69. The summed E-state index contributed by atoms with van der Waals surface area (Å²) in [4.78, 5) is 43.5. The zero-order valence-corrected chi connectivity index (χ0v) is 24.7. The van der Waals surface area contributed by atoms with Crippen molar-refractivity contribution >= 4 is 17.5 Å². The summed E-state index contributed by atoms with van der Waals surface area (Å²) in [6.07, 6.45) is 7.57. The SMILES string of the molecule is [C-]#[N+]C1=C[C@]2(C)C3=CC(=O)[C@@H]4[C@@H]5CC(C)(C)CC[C@]5(NC(=O)C(C)(F)F)CC[C@@]4(C)[C@]3(C)CC[C@H]2[C@](C)(O)C1=O. The monoisotopic (exact) mass is 556 g/mol. The molecule has 0 aliphatic heterocycles. The minimum Gasteiger partial charge on any atom is -0.383 e. The van der Waals surface area contributed by atoms with Gasteiger partial charge >= 0.3 is 5.92 Å². The zero-order chi connectivity index (χ0) is 29.9. The molecule has 8 heteroatoms. The molecule has 1 amide bonds. The summed E-state index contributed by atoms with van der Waals surface area (Å²) in [5, 5.41) is 14.2. The van der Waals surface area contributed by atoms with Gasteiger partial charge in [0.1, 0.15) is 5.60 Å². The Bertz CT molecular complexity index is 1300. The molecule has 0 radical (unpaired) electrons. The Kier molecular flexibility index (Phi) is 6.06. The summed E-state index contributed by atoms with van der Waals surface area (Å²) < 4.78 is 28.3. The van der Waals surface area contributed by atoms with Crippen molar-refractivity contribution in [2.75, 3.05) is 0 Å². The highest BCUT2D eigenvalue weighted by atomic mass is 19.3. The van der Waals surface area contributed by atoms with Crippen LogP contribution in [0.2, 0.25) is 0 Å². The Morgan fingerprint density at radius 1 is 1.07 bits per heavy atom. The molecule has 0 aromatic carbocycles. The first-order chi connectivity index (χ1) is 18.2.